The second-order valence-corrected chi connectivity index (χ2v) is 4.87. The SMILES string of the molecule is CN=C(NC)NCCCN(C)C1CCCCC1.I. The number of guanidine groups is 1. The molecular weight excluding hydrogens is 339 g/mol. The zero-order valence-electron chi connectivity index (χ0n) is 12.0. The minimum absolute atomic E-state index is 0. The first-order valence-electron chi connectivity index (χ1n) is 6.86. The minimum atomic E-state index is 0. The third-order valence-electron chi connectivity index (χ3n) is 3.64. The Morgan fingerprint density at radius 1 is 1.28 bits per heavy atom. The van der Waals surface area contributed by atoms with Crippen LogP contribution in [0, 0.1) is 0 Å². The largest absolute Gasteiger partial charge is 0.359 e. The molecule has 108 valence electrons. The highest BCUT2D eigenvalue weighted by Crippen LogP contribution is 2.21. The maximum atomic E-state index is 4.09. The van der Waals surface area contributed by atoms with E-state index in [1.807, 2.05) is 7.05 Å². The van der Waals surface area contributed by atoms with Crippen LogP contribution in [-0.2, 0) is 0 Å². The Balaban J connectivity index is 0.00000289. The summed E-state index contributed by atoms with van der Waals surface area (Å²) in [5, 5.41) is 6.32. The van der Waals surface area contributed by atoms with E-state index in [9.17, 15) is 0 Å². The summed E-state index contributed by atoms with van der Waals surface area (Å²) in [5.74, 6) is 0.880. The number of hydrogen-bond acceptors (Lipinski definition) is 2. The molecule has 1 rings (SSSR count). The third kappa shape index (κ3) is 6.78. The molecule has 0 aromatic carbocycles. The van der Waals surface area contributed by atoms with Crippen LogP contribution < -0.4 is 10.6 Å². The number of halogens is 1. The fraction of sp³-hybridized carbons (Fsp3) is 0.923. The Bertz CT molecular complexity index is 227. The monoisotopic (exact) mass is 368 g/mol. The van der Waals surface area contributed by atoms with Gasteiger partial charge in [-0.05, 0) is 32.9 Å². The summed E-state index contributed by atoms with van der Waals surface area (Å²) in [4.78, 5) is 6.62. The Kier molecular flexibility index (Phi) is 10.8. The first kappa shape index (κ1) is 18.0. The van der Waals surface area contributed by atoms with Crippen LogP contribution in [0.5, 0.6) is 0 Å². The van der Waals surface area contributed by atoms with Gasteiger partial charge in [-0.3, -0.25) is 4.99 Å². The van der Waals surface area contributed by atoms with Crippen LogP contribution in [0.3, 0.4) is 0 Å². The third-order valence-corrected chi connectivity index (χ3v) is 3.64. The maximum absolute atomic E-state index is 4.09. The van der Waals surface area contributed by atoms with E-state index in [4.69, 9.17) is 0 Å². The van der Waals surface area contributed by atoms with Crippen molar-refractivity contribution < 1.29 is 0 Å². The molecule has 0 atom stereocenters. The van der Waals surface area contributed by atoms with Gasteiger partial charge < -0.3 is 15.5 Å². The normalized spacial score (nSPS) is 17.4. The topological polar surface area (TPSA) is 39.7 Å². The molecule has 0 unspecified atom stereocenters. The predicted octanol–water partition coefficient (Wildman–Crippen LogP) is 2.05. The molecule has 0 bridgehead atoms. The van der Waals surface area contributed by atoms with E-state index in [0.29, 0.717) is 0 Å². The van der Waals surface area contributed by atoms with Gasteiger partial charge in [-0.2, -0.15) is 0 Å². The van der Waals surface area contributed by atoms with Crippen molar-refractivity contribution >= 4 is 29.9 Å². The van der Waals surface area contributed by atoms with Crippen LogP contribution in [-0.4, -0.2) is 51.1 Å². The summed E-state index contributed by atoms with van der Waals surface area (Å²) in [6, 6.07) is 0.826. The van der Waals surface area contributed by atoms with Gasteiger partial charge in [0.25, 0.3) is 0 Å². The minimum Gasteiger partial charge on any atom is -0.359 e. The Labute approximate surface area is 129 Å². The lowest BCUT2D eigenvalue weighted by molar-refractivity contribution is 0.190. The quantitative estimate of drug-likeness (QED) is 0.338. The van der Waals surface area contributed by atoms with E-state index >= 15 is 0 Å². The van der Waals surface area contributed by atoms with Crippen molar-refractivity contribution in [2.75, 3.05) is 34.2 Å². The van der Waals surface area contributed by atoms with Gasteiger partial charge in [-0.1, -0.05) is 19.3 Å². The smallest absolute Gasteiger partial charge is 0.190 e. The Morgan fingerprint density at radius 3 is 2.50 bits per heavy atom. The summed E-state index contributed by atoms with van der Waals surface area (Å²) in [6.45, 7) is 2.17. The number of rotatable bonds is 5. The Morgan fingerprint density at radius 2 is 1.94 bits per heavy atom. The standard InChI is InChI=1S/C13H28N4.HI/c1-14-13(15-2)16-10-7-11-17(3)12-8-5-4-6-9-12;/h12H,4-11H2,1-3H3,(H2,14,15,16);1H. The van der Waals surface area contributed by atoms with E-state index in [-0.39, 0.29) is 24.0 Å². The van der Waals surface area contributed by atoms with Crippen molar-refractivity contribution in [1.82, 2.24) is 15.5 Å². The summed E-state index contributed by atoms with van der Waals surface area (Å²) >= 11 is 0. The first-order valence-corrected chi connectivity index (χ1v) is 6.86. The van der Waals surface area contributed by atoms with Gasteiger partial charge in [0.1, 0.15) is 0 Å². The van der Waals surface area contributed by atoms with E-state index < -0.39 is 0 Å². The van der Waals surface area contributed by atoms with Crippen LogP contribution in [0.25, 0.3) is 0 Å². The molecule has 0 heterocycles. The van der Waals surface area contributed by atoms with Gasteiger partial charge in [-0.25, -0.2) is 0 Å². The molecule has 0 amide bonds. The van der Waals surface area contributed by atoms with Crippen LogP contribution in [0.1, 0.15) is 38.5 Å². The molecule has 1 fully saturated rings. The fourth-order valence-electron chi connectivity index (χ4n) is 2.52. The van der Waals surface area contributed by atoms with Crippen molar-refractivity contribution in [3.8, 4) is 0 Å². The number of nitrogens with one attached hydrogen (secondary N) is 2. The molecule has 0 aromatic rings. The lowest BCUT2D eigenvalue weighted by atomic mass is 9.94. The van der Waals surface area contributed by atoms with Crippen LogP contribution in [0.2, 0.25) is 0 Å². The molecule has 0 aliphatic heterocycles. The predicted molar refractivity (Wildman–Crippen MR) is 90.0 cm³/mol. The first-order chi connectivity index (χ1) is 8.27. The fourth-order valence-corrected chi connectivity index (χ4v) is 2.52. The van der Waals surface area contributed by atoms with Gasteiger partial charge in [0, 0.05) is 26.7 Å². The zero-order chi connectivity index (χ0) is 12.5. The lowest BCUT2D eigenvalue weighted by Gasteiger charge is -2.31. The van der Waals surface area contributed by atoms with E-state index in [1.165, 1.54) is 45.1 Å². The van der Waals surface area contributed by atoms with Crippen molar-refractivity contribution in [3.05, 3.63) is 0 Å². The molecule has 0 saturated heterocycles. The zero-order valence-corrected chi connectivity index (χ0v) is 14.4. The lowest BCUT2D eigenvalue weighted by Crippen LogP contribution is -2.38. The summed E-state index contributed by atoms with van der Waals surface area (Å²) < 4.78 is 0. The molecule has 0 spiro atoms. The maximum Gasteiger partial charge on any atom is 0.190 e. The van der Waals surface area contributed by atoms with E-state index in [2.05, 4.69) is 27.6 Å². The summed E-state index contributed by atoms with van der Waals surface area (Å²) in [5.41, 5.74) is 0. The Hall–Kier alpha value is -0.0400. The van der Waals surface area contributed by atoms with Crippen molar-refractivity contribution in [2.45, 2.75) is 44.6 Å². The van der Waals surface area contributed by atoms with Gasteiger partial charge in [0.2, 0.25) is 0 Å². The molecule has 0 aromatic heterocycles. The van der Waals surface area contributed by atoms with Crippen LogP contribution >= 0.6 is 24.0 Å². The highest BCUT2D eigenvalue weighted by atomic mass is 127. The van der Waals surface area contributed by atoms with Crippen LogP contribution in [0.4, 0.5) is 0 Å². The summed E-state index contributed by atoms with van der Waals surface area (Å²) in [7, 11) is 5.96. The molecular formula is C13H29IN4. The number of hydrogen-bond donors (Lipinski definition) is 2. The van der Waals surface area contributed by atoms with Crippen LogP contribution in [0.15, 0.2) is 4.99 Å². The average molecular weight is 368 g/mol. The molecule has 2 N–H and O–H groups in total. The van der Waals surface area contributed by atoms with E-state index in [1.54, 1.807) is 7.05 Å². The molecule has 5 heteroatoms. The number of nitrogens with zero attached hydrogens (tertiary/aromatic N) is 2. The van der Waals surface area contributed by atoms with Crippen molar-refractivity contribution in [2.24, 2.45) is 4.99 Å². The highest BCUT2D eigenvalue weighted by molar-refractivity contribution is 14.0. The van der Waals surface area contributed by atoms with Gasteiger partial charge >= 0.3 is 0 Å². The molecule has 1 aliphatic rings. The molecule has 1 aliphatic carbocycles. The second-order valence-electron chi connectivity index (χ2n) is 4.87. The number of aliphatic imine (C=N–C) groups is 1. The van der Waals surface area contributed by atoms with Gasteiger partial charge in [-0.15, -0.1) is 24.0 Å². The van der Waals surface area contributed by atoms with Crippen molar-refractivity contribution in [1.29, 1.82) is 0 Å². The van der Waals surface area contributed by atoms with E-state index in [0.717, 1.165) is 18.5 Å². The average Bonchev–Trinajstić information content (AvgIpc) is 2.40. The summed E-state index contributed by atoms with van der Waals surface area (Å²) in [6.07, 6.45) is 8.22. The van der Waals surface area contributed by atoms with Gasteiger partial charge in [0.05, 0.1) is 0 Å². The van der Waals surface area contributed by atoms with Gasteiger partial charge in [0.15, 0.2) is 5.96 Å². The van der Waals surface area contributed by atoms with Crippen molar-refractivity contribution in [3.63, 3.8) is 0 Å². The molecule has 0 radical (unpaired) electrons. The molecule has 1 saturated carbocycles. The molecule has 18 heavy (non-hydrogen) atoms. The second kappa shape index (κ2) is 10.8. The molecule has 4 nitrogen and oxygen atoms in total. The highest BCUT2D eigenvalue weighted by Gasteiger charge is 2.17.